The van der Waals surface area contributed by atoms with Crippen LogP contribution in [0, 0.1) is 5.41 Å². The predicted molar refractivity (Wildman–Crippen MR) is 120 cm³/mol. The molecule has 0 spiro atoms. The van der Waals surface area contributed by atoms with Gasteiger partial charge in [-0.2, -0.15) is 0 Å². The second-order valence-corrected chi connectivity index (χ2v) is 8.92. The number of halogens is 1. The number of rotatable bonds is 8. The number of hydrogen-bond donors (Lipinski definition) is 3. The van der Waals surface area contributed by atoms with Crippen LogP contribution in [0.1, 0.15) is 27.7 Å². The van der Waals surface area contributed by atoms with Crippen LogP contribution in [0.2, 0.25) is 4.34 Å². The summed E-state index contributed by atoms with van der Waals surface area (Å²) in [5.41, 5.74) is 4.83. The van der Waals surface area contributed by atoms with Crippen LogP contribution in [0.15, 0.2) is 42.5 Å². The van der Waals surface area contributed by atoms with Crippen molar-refractivity contribution in [3.63, 3.8) is 0 Å². The number of thiophene rings is 1. The van der Waals surface area contributed by atoms with Crippen molar-refractivity contribution in [2.24, 2.45) is 0 Å². The van der Waals surface area contributed by atoms with E-state index in [-0.39, 0.29) is 5.91 Å². The van der Waals surface area contributed by atoms with E-state index >= 15 is 0 Å². The molecule has 1 amide bonds. The number of ether oxygens (including phenoxy) is 1. The van der Waals surface area contributed by atoms with Crippen molar-refractivity contribution in [1.29, 1.82) is 5.41 Å². The second-order valence-electron chi connectivity index (χ2n) is 7.20. The van der Waals surface area contributed by atoms with Gasteiger partial charge in [-0.1, -0.05) is 35.9 Å². The summed E-state index contributed by atoms with van der Waals surface area (Å²) in [6.07, 6.45) is 1.94. The van der Waals surface area contributed by atoms with Crippen molar-refractivity contribution in [3.8, 4) is 0 Å². The third-order valence-corrected chi connectivity index (χ3v) is 5.95. The number of carbonyl (C=O) groups is 1. The Bertz CT molecular complexity index is 944. The van der Waals surface area contributed by atoms with Gasteiger partial charge in [-0.15, -0.1) is 11.3 Å². The van der Waals surface area contributed by atoms with Crippen LogP contribution >= 0.6 is 22.9 Å². The van der Waals surface area contributed by atoms with Crippen molar-refractivity contribution < 1.29 is 14.4 Å². The molecule has 1 aromatic carbocycles. The fraction of sp³-hybridized carbons (Fsp3) is 0.333. The number of carbonyl (C=O) groups excluding carboxylic acids is 1. The molecule has 160 valence electrons. The predicted octanol–water partition coefficient (Wildman–Crippen LogP) is 3.37. The van der Waals surface area contributed by atoms with Crippen molar-refractivity contribution >= 4 is 40.4 Å². The van der Waals surface area contributed by atoms with E-state index in [9.17, 15) is 4.79 Å². The highest BCUT2D eigenvalue weighted by Gasteiger charge is 2.31. The van der Waals surface area contributed by atoms with Crippen LogP contribution in [0.25, 0.3) is 5.70 Å². The lowest BCUT2D eigenvalue weighted by Gasteiger charge is -2.20. The van der Waals surface area contributed by atoms with Gasteiger partial charge in [0.15, 0.2) is 0 Å². The number of methoxy groups -OCH3 is 1. The van der Waals surface area contributed by atoms with E-state index in [1.807, 2.05) is 49.2 Å². The number of likely N-dealkylation sites (N-methyl/N-ethyl adjacent to an activating group) is 1. The van der Waals surface area contributed by atoms with Gasteiger partial charge in [0, 0.05) is 26.3 Å². The fourth-order valence-electron chi connectivity index (χ4n) is 2.91. The fourth-order valence-corrected chi connectivity index (χ4v) is 3.87. The summed E-state index contributed by atoms with van der Waals surface area (Å²) in [5.74, 6) is 0.253. The highest BCUT2D eigenvalue weighted by Crippen LogP contribution is 2.26. The molecule has 0 fully saturated rings. The van der Waals surface area contributed by atoms with E-state index in [2.05, 4.69) is 10.8 Å². The average Bonchev–Trinajstić information content (AvgIpc) is 3.36. The molecule has 3 N–H and O–H groups in total. The van der Waals surface area contributed by atoms with E-state index in [4.69, 9.17) is 26.6 Å². The van der Waals surface area contributed by atoms with Crippen LogP contribution < -0.4 is 10.8 Å². The molecule has 2 heterocycles. The maximum absolute atomic E-state index is 12.2. The van der Waals surface area contributed by atoms with Gasteiger partial charge in [0.25, 0.3) is 5.91 Å². The quantitative estimate of drug-likeness (QED) is 0.425. The highest BCUT2D eigenvalue weighted by atomic mass is 35.5. The zero-order chi connectivity index (χ0) is 21.7. The Labute approximate surface area is 185 Å². The number of hydroxylamine groups is 1. The molecule has 1 unspecified atom stereocenters. The Morgan fingerprint density at radius 3 is 2.70 bits per heavy atom. The largest absolute Gasteiger partial charge is 0.383 e. The van der Waals surface area contributed by atoms with E-state index in [1.165, 1.54) is 11.3 Å². The first-order chi connectivity index (χ1) is 14.3. The molecule has 3 rings (SSSR count). The summed E-state index contributed by atoms with van der Waals surface area (Å²) in [5, 5.41) is 11.2. The molecule has 2 aromatic rings. The molecule has 0 saturated carbocycles. The standard InChI is InChI=1S/C21H25ClN4O3S/c1-21(13-24-20(27)17-8-9-18(22)30-17)12-16(25-29-21)14-4-6-15(7-5-14)19(23)26(2)10-11-28-3/h4-9,12,23,25H,10-11,13H2,1-3H3,(H,24,27). The molecular weight excluding hydrogens is 424 g/mol. The molecule has 0 bridgehead atoms. The lowest BCUT2D eigenvalue weighted by atomic mass is 10.0. The molecule has 1 aromatic heterocycles. The van der Waals surface area contributed by atoms with Crippen molar-refractivity contribution in [2.45, 2.75) is 12.5 Å². The van der Waals surface area contributed by atoms with Crippen LogP contribution in [0.3, 0.4) is 0 Å². The number of hydrogen-bond acceptors (Lipinski definition) is 6. The molecule has 7 nitrogen and oxygen atoms in total. The summed E-state index contributed by atoms with van der Waals surface area (Å²) >= 11 is 7.13. The lowest BCUT2D eigenvalue weighted by molar-refractivity contribution is -0.0194. The van der Waals surface area contributed by atoms with Gasteiger partial charge >= 0.3 is 0 Å². The van der Waals surface area contributed by atoms with E-state index in [0.29, 0.717) is 34.7 Å². The third kappa shape index (κ3) is 5.40. The van der Waals surface area contributed by atoms with Gasteiger partial charge in [-0.25, -0.2) is 0 Å². The minimum absolute atomic E-state index is 0.181. The average molecular weight is 449 g/mol. The van der Waals surface area contributed by atoms with Gasteiger partial charge in [0.2, 0.25) is 0 Å². The minimum atomic E-state index is -0.683. The number of amides is 1. The van der Waals surface area contributed by atoms with Crippen LogP contribution in [0.4, 0.5) is 0 Å². The SMILES string of the molecule is COCCN(C)C(=N)c1ccc(C2=CC(C)(CNC(=O)c3ccc(Cl)s3)ON2)cc1. The molecule has 0 saturated heterocycles. The normalized spacial score (nSPS) is 17.9. The summed E-state index contributed by atoms with van der Waals surface area (Å²) in [6, 6.07) is 11.1. The minimum Gasteiger partial charge on any atom is -0.383 e. The summed E-state index contributed by atoms with van der Waals surface area (Å²) in [4.78, 5) is 20.4. The summed E-state index contributed by atoms with van der Waals surface area (Å²) < 4.78 is 5.64. The van der Waals surface area contributed by atoms with E-state index in [0.717, 1.165) is 16.8 Å². The molecule has 0 radical (unpaired) electrons. The molecule has 9 heteroatoms. The Hall–Kier alpha value is -2.39. The van der Waals surface area contributed by atoms with Crippen LogP contribution in [-0.4, -0.2) is 56.1 Å². The number of amidine groups is 1. The first-order valence-corrected chi connectivity index (χ1v) is 10.6. The molecule has 1 aliphatic heterocycles. The monoisotopic (exact) mass is 448 g/mol. The highest BCUT2D eigenvalue weighted by molar-refractivity contribution is 7.18. The molecule has 1 aliphatic rings. The summed E-state index contributed by atoms with van der Waals surface area (Å²) in [7, 11) is 3.52. The van der Waals surface area contributed by atoms with Crippen molar-refractivity contribution in [2.75, 3.05) is 33.9 Å². The topological polar surface area (TPSA) is 86.7 Å². The van der Waals surface area contributed by atoms with E-state index in [1.54, 1.807) is 19.2 Å². The van der Waals surface area contributed by atoms with Gasteiger partial charge in [0.05, 0.1) is 28.1 Å². The van der Waals surface area contributed by atoms with Gasteiger partial charge in [0.1, 0.15) is 11.4 Å². The lowest BCUT2D eigenvalue weighted by Crippen LogP contribution is -2.40. The van der Waals surface area contributed by atoms with Crippen molar-refractivity contribution in [3.05, 3.63) is 62.8 Å². The molecule has 0 aliphatic carbocycles. The summed E-state index contributed by atoms with van der Waals surface area (Å²) in [6.45, 7) is 3.42. The maximum atomic E-state index is 12.2. The van der Waals surface area contributed by atoms with Crippen LogP contribution in [0.5, 0.6) is 0 Å². The number of benzene rings is 1. The first-order valence-electron chi connectivity index (χ1n) is 9.41. The Kier molecular flexibility index (Phi) is 7.14. The van der Waals surface area contributed by atoms with Gasteiger partial charge in [-0.05, 0) is 30.7 Å². The van der Waals surface area contributed by atoms with Crippen LogP contribution in [-0.2, 0) is 9.57 Å². The Balaban J connectivity index is 1.61. The Morgan fingerprint density at radius 2 is 2.07 bits per heavy atom. The van der Waals surface area contributed by atoms with Gasteiger partial charge in [-0.3, -0.25) is 20.5 Å². The molecular formula is C21H25ClN4O3S. The number of nitrogens with zero attached hydrogens (tertiary/aromatic N) is 1. The Morgan fingerprint density at radius 1 is 1.33 bits per heavy atom. The zero-order valence-corrected chi connectivity index (χ0v) is 18.7. The second kappa shape index (κ2) is 9.61. The number of nitrogens with one attached hydrogen (secondary N) is 3. The first kappa shape index (κ1) is 22.3. The van der Waals surface area contributed by atoms with Crippen molar-refractivity contribution in [1.82, 2.24) is 15.7 Å². The smallest absolute Gasteiger partial charge is 0.261 e. The maximum Gasteiger partial charge on any atom is 0.261 e. The zero-order valence-electron chi connectivity index (χ0n) is 17.1. The van der Waals surface area contributed by atoms with Gasteiger partial charge < -0.3 is 15.0 Å². The van der Waals surface area contributed by atoms with E-state index < -0.39 is 5.60 Å². The third-order valence-electron chi connectivity index (χ3n) is 4.72. The molecule has 1 atom stereocenters. The molecule has 30 heavy (non-hydrogen) atoms.